The van der Waals surface area contributed by atoms with E-state index in [4.69, 9.17) is 14.2 Å². The van der Waals surface area contributed by atoms with Crippen LogP contribution < -0.4 is 21.3 Å². The number of carbonyl (C=O) groups is 5. The number of carbonyl (C=O) groups excluding carboxylic acids is 5. The van der Waals surface area contributed by atoms with Gasteiger partial charge in [-0.25, -0.2) is 14.4 Å². The Labute approximate surface area is 252 Å². The van der Waals surface area contributed by atoms with E-state index in [2.05, 4.69) is 21.3 Å². The van der Waals surface area contributed by atoms with Crippen LogP contribution in [-0.2, 0) is 30.2 Å². The Hall–Kier alpha value is -4.61. The molecule has 0 aliphatic heterocycles. The molecule has 0 heterocycles. The summed E-state index contributed by atoms with van der Waals surface area (Å²) in [6.07, 6.45) is -1.39. The molecule has 4 N–H and O–H groups in total. The summed E-state index contributed by atoms with van der Waals surface area (Å²) in [5, 5.41) is 10.4. The average Bonchev–Trinajstić information content (AvgIpc) is 2.86. The third kappa shape index (κ3) is 12.8. The maximum Gasteiger partial charge on any atom is 0.408 e. The smallest absolute Gasteiger partial charge is 0.408 e. The zero-order chi connectivity index (χ0) is 32.4. The van der Waals surface area contributed by atoms with Crippen LogP contribution in [-0.4, -0.2) is 59.9 Å². The third-order valence-corrected chi connectivity index (χ3v) is 5.40. The number of anilines is 2. The van der Waals surface area contributed by atoms with Gasteiger partial charge in [0, 0.05) is 17.8 Å². The molecule has 0 spiro atoms. The van der Waals surface area contributed by atoms with Crippen molar-refractivity contribution in [2.24, 2.45) is 0 Å². The Morgan fingerprint density at radius 2 is 1.26 bits per heavy atom. The summed E-state index contributed by atoms with van der Waals surface area (Å²) in [5.74, 6) is -1.87. The summed E-state index contributed by atoms with van der Waals surface area (Å²) in [6, 6.07) is 11.3. The van der Waals surface area contributed by atoms with Gasteiger partial charge in [0.2, 0.25) is 11.8 Å². The first-order chi connectivity index (χ1) is 20.0. The Morgan fingerprint density at radius 3 is 1.77 bits per heavy atom. The molecule has 0 unspecified atom stereocenters. The summed E-state index contributed by atoms with van der Waals surface area (Å²) in [7, 11) is 0. The molecule has 12 heteroatoms. The van der Waals surface area contributed by atoms with Crippen molar-refractivity contribution in [3.63, 3.8) is 0 Å². The second-order valence-corrected chi connectivity index (χ2v) is 11.8. The van der Waals surface area contributed by atoms with Crippen LogP contribution in [0, 0.1) is 0 Å². The quantitative estimate of drug-likeness (QED) is 0.224. The average molecular weight is 599 g/mol. The van der Waals surface area contributed by atoms with E-state index in [1.54, 1.807) is 48.5 Å². The number of hydrogen-bond donors (Lipinski definition) is 4. The molecule has 0 aliphatic carbocycles. The minimum absolute atomic E-state index is 0.0578. The second kappa shape index (κ2) is 15.0. The number of ether oxygens (including phenoxy) is 3. The molecule has 0 fully saturated rings. The van der Waals surface area contributed by atoms with E-state index in [0.717, 1.165) is 5.56 Å². The van der Waals surface area contributed by atoms with E-state index in [9.17, 15) is 24.0 Å². The fourth-order valence-corrected chi connectivity index (χ4v) is 3.64. The van der Waals surface area contributed by atoms with Gasteiger partial charge in [-0.15, -0.1) is 0 Å². The fourth-order valence-electron chi connectivity index (χ4n) is 3.64. The molecule has 0 saturated heterocycles. The van der Waals surface area contributed by atoms with Crippen molar-refractivity contribution in [1.82, 2.24) is 10.6 Å². The van der Waals surface area contributed by atoms with Crippen molar-refractivity contribution >= 4 is 41.3 Å². The van der Waals surface area contributed by atoms with Gasteiger partial charge in [-0.3, -0.25) is 9.59 Å². The molecule has 234 valence electrons. The molecule has 0 bridgehead atoms. The van der Waals surface area contributed by atoms with Gasteiger partial charge < -0.3 is 35.5 Å². The molecule has 12 nitrogen and oxygen atoms in total. The predicted octanol–water partition coefficient (Wildman–Crippen LogP) is 4.79. The maximum atomic E-state index is 13.5. The first kappa shape index (κ1) is 34.6. The highest BCUT2D eigenvalue weighted by molar-refractivity contribution is 6.02. The number of nitrogens with one attached hydrogen (secondary N) is 4. The minimum atomic E-state index is -1.04. The summed E-state index contributed by atoms with van der Waals surface area (Å²) in [6.45, 7) is 13.4. The van der Waals surface area contributed by atoms with Gasteiger partial charge in [0.15, 0.2) is 0 Å². The zero-order valence-corrected chi connectivity index (χ0v) is 26.0. The van der Waals surface area contributed by atoms with Crippen LogP contribution >= 0.6 is 0 Å². The zero-order valence-electron chi connectivity index (χ0n) is 26.0. The number of hydrogen-bond acceptors (Lipinski definition) is 8. The van der Waals surface area contributed by atoms with Crippen molar-refractivity contribution in [2.75, 3.05) is 17.2 Å². The Bertz CT molecular complexity index is 1300. The molecule has 2 aromatic carbocycles. The largest absolute Gasteiger partial charge is 0.462 e. The Morgan fingerprint density at radius 1 is 0.744 bits per heavy atom. The second-order valence-electron chi connectivity index (χ2n) is 11.8. The predicted molar refractivity (Wildman–Crippen MR) is 162 cm³/mol. The van der Waals surface area contributed by atoms with E-state index in [-0.39, 0.29) is 30.0 Å². The monoisotopic (exact) mass is 598 g/mol. The van der Waals surface area contributed by atoms with Crippen LogP contribution in [0.1, 0.15) is 71.3 Å². The van der Waals surface area contributed by atoms with Gasteiger partial charge in [-0.2, -0.15) is 0 Å². The van der Waals surface area contributed by atoms with Crippen LogP contribution in [0.3, 0.4) is 0 Å². The first-order valence-corrected chi connectivity index (χ1v) is 13.9. The number of esters is 1. The molecule has 43 heavy (non-hydrogen) atoms. The van der Waals surface area contributed by atoms with Crippen LogP contribution in [0.2, 0.25) is 0 Å². The Balaban J connectivity index is 2.31. The van der Waals surface area contributed by atoms with E-state index < -0.39 is 53.3 Å². The van der Waals surface area contributed by atoms with Gasteiger partial charge in [0.05, 0.1) is 12.2 Å². The highest BCUT2D eigenvalue weighted by atomic mass is 16.6. The number of amides is 4. The van der Waals surface area contributed by atoms with Crippen LogP contribution in [0.25, 0.3) is 0 Å². The molecular weight excluding hydrogens is 556 g/mol. The summed E-state index contributed by atoms with van der Waals surface area (Å²) in [5.41, 5.74) is -0.376. The molecule has 2 atom stereocenters. The maximum absolute atomic E-state index is 13.5. The lowest BCUT2D eigenvalue weighted by Crippen LogP contribution is -2.47. The van der Waals surface area contributed by atoms with Crippen molar-refractivity contribution in [3.05, 3.63) is 59.7 Å². The third-order valence-electron chi connectivity index (χ3n) is 5.40. The SMILES string of the molecule is CCOC(=O)c1cc(NC(=O)[C@H](C)NC(=O)OC(C)(C)C)cc(NC(=O)[C@H](Cc2ccccc2)NC(=O)OC(C)(C)C)c1. The molecule has 0 aromatic heterocycles. The highest BCUT2D eigenvalue weighted by Gasteiger charge is 2.26. The van der Waals surface area contributed by atoms with Crippen LogP contribution in [0.15, 0.2) is 48.5 Å². The van der Waals surface area contributed by atoms with E-state index in [1.807, 2.05) is 30.3 Å². The normalized spacial score (nSPS) is 12.7. The summed E-state index contributed by atoms with van der Waals surface area (Å²) >= 11 is 0. The van der Waals surface area contributed by atoms with Crippen LogP contribution in [0.5, 0.6) is 0 Å². The number of rotatable bonds is 10. The van der Waals surface area contributed by atoms with Gasteiger partial charge in [-0.05, 0) is 79.2 Å². The summed E-state index contributed by atoms with van der Waals surface area (Å²) < 4.78 is 15.6. The van der Waals surface area contributed by atoms with Gasteiger partial charge in [0.25, 0.3) is 0 Å². The molecule has 0 radical (unpaired) electrons. The highest BCUT2D eigenvalue weighted by Crippen LogP contribution is 2.21. The molecule has 2 rings (SSSR count). The van der Waals surface area contributed by atoms with E-state index in [1.165, 1.54) is 25.1 Å². The molecular formula is C31H42N4O8. The van der Waals surface area contributed by atoms with Gasteiger partial charge >= 0.3 is 18.2 Å². The standard InChI is InChI=1S/C31H42N4O8/c1-9-41-27(38)21-16-22(33-25(36)19(2)32-28(39)42-30(3,4)5)18-23(17-21)34-26(37)24(15-20-13-11-10-12-14-20)35-29(40)43-31(6,7)8/h10-14,16-19,24H,9,15H2,1-8H3,(H,32,39)(H,33,36)(H,34,37)(H,35,40)/t19-,24-/m0/s1. The Kier molecular flexibility index (Phi) is 12.1. The number of benzene rings is 2. The molecule has 0 aliphatic rings. The van der Waals surface area contributed by atoms with Crippen molar-refractivity contribution in [1.29, 1.82) is 0 Å². The van der Waals surface area contributed by atoms with Crippen molar-refractivity contribution in [2.45, 2.75) is 85.1 Å². The molecule has 2 aromatic rings. The van der Waals surface area contributed by atoms with Crippen molar-refractivity contribution in [3.8, 4) is 0 Å². The topological polar surface area (TPSA) is 161 Å². The summed E-state index contributed by atoms with van der Waals surface area (Å²) in [4.78, 5) is 63.6. The lowest BCUT2D eigenvalue weighted by Gasteiger charge is -2.23. The molecule has 0 saturated carbocycles. The lowest BCUT2D eigenvalue weighted by atomic mass is 10.0. The molecule has 4 amide bonds. The van der Waals surface area contributed by atoms with E-state index >= 15 is 0 Å². The van der Waals surface area contributed by atoms with Gasteiger partial charge in [-0.1, -0.05) is 30.3 Å². The van der Waals surface area contributed by atoms with Crippen LogP contribution in [0.4, 0.5) is 21.0 Å². The van der Waals surface area contributed by atoms with Gasteiger partial charge in [0.1, 0.15) is 23.3 Å². The van der Waals surface area contributed by atoms with E-state index in [0.29, 0.717) is 0 Å². The number of alkyl carbamates (subject to hydrolysis) is 2. The van der Waals surface area contributed by atoms with Crippen molar-refractivity contribution < 1.29 is 38.2 Å². The first-order valence-electron chi connectivity index (χ1n) is 13.9. The lowest BCUT2D eigenvalue weighted by molar-refractivity contribution is -0.118. The fraction of sp³-hybridized carbons (Fsp3) is 0.452. The minimum Gasteiger partial charge on any atom is -0.462 e.